The standard InChI is InChI=1S/C8H16N2O4S.ClH/c1-3-14-8(11)7-6-10(5-4-9-7)15(2,12)13;/h7,9H,3-6H2,1-2H3;1H. The summed E-state index contributed by atoms with van der Waals surface area (Å²) in [4.78, 5) is 11.4. The summed E-state index contributed by atoms with van der Waals surface area (Å²) in [6.45, 7) is 3.04. The maximum atomic E-state index is 11.4. The van der Waals surface area contributed by atoms with E-state index >= 15 is 0 Å². The summed E-state index contributed by atoms with van der Waals surface area (Å²) in [5.41, 5.74) is 0. The molecule has 1 N–H and O–H groups in total. The Kier molecular flexibility index (Phi) is 6.24. The zero-order chi connectivity index (χ0) is 11.5. The molecule has 0 bridgehead atoms. The molecule has 1 aliphatic rings. The van der Waals surface area contributed by atoms with Gasteiger partial charge in [0.15, 0.2) is 0 Å². The van der Waals surface area contributed by atoms with Gasteiger partial charge in [-0.1, -0.05) is 0 Å². The van der Waals surface area contributed by atoms with Gasteiger partial charge in [-0.3, -0.25) is 4.79 Å². The van der Waals surface area contributed by atoms with E-state index in [0.29, 0.717) is 19.7 Å². The molecule has 16 heavy (non-hydrogen) atoms. The molecule has 1 saturated heterocycles. The van der Waals surface area contributed by atoms with Crippen molar-refractivity contribution in [3.8, 4) is 0 Å². The maximum Gasteiger partial charge on any atom is 0.324 e. The molecule has 0 amide bonds. The largest absolute Gasteiger partial charge is 0.465 e. The molecule has 0 spiro atoms. The second-order valence-corrected chi connectivity index (χ2v) is 5.36. The van der Waals surface area contributed by atoms with Gasteiger partial charge in [0, 0.05) is 19.6 Å². The predicted octanol–water partition coefficient (Wildman–Crippen LogP) is -0.795. The Morgan fingerprint density at radius 2 is 2.19 bits per heavy atom. The minimum atomic E-state index is -3.22. The zero-order valence-corrected chi connectivity index (χ0v) is 10.9. The molecular formula is C8H17ClN2O4S. The summed E-state index contributed by atoms with van der Waals surface area (Å²) in [6.07, 6.45) is 1.14. The number of hydrogen-bond acceptors (Lipinski definition) is 5. The van der Waals surface area contributed by atoms with E-state index in [1.807, 2.05) is 0 Å². The van der Waals surface area contributed by atoms with Crippen LogP contribution < -0.4 is 5.32 Å². The molecule has 0 aromatic rings. The fourth-order valence-corrected chi connectivity index (χ4v) is 2.27. The molecule has 1 unspecified atom stereocenters. The number of ether oxygens (including phenoxy) is 1. The quantitative estimate of drug-likeness (QED) is 0.681. The van der Waals surface area contributed by atoms with Crippen molar-refractivity contribution in [1.82, 2.24) is 9.62 Å². The van der Waals surface area contributed by atoms with Crippen LogP contribution in [-0.2, 0) is 19.6 Å². The van der Waals surface area contributed by atoms with Crippen molar-refractivity contribution < 1.29 is 17.9 Å². The number of sulfonamides is 1. The van der Waals surface area contributed by atoms with Crippen molar-refractivity contribution in [2.24, 2.45) is 0 Å². The number of halogens is 1. The predicted molar refractivity (Wildman–Crippen MR) is 62.1 cm³/mol. The van der Waals surface area contributed by atoms with Gasteiger partial charge < -0.3 is 10.1 Å². The van der Waals surface area contributed by atoms with E-state index in [1.165, 1.54) is 4.31 Å². The lowest BCUT2D eigenvalue weighted by Gasteiger charge is -2.30. The van der Waals surface area contributed by atoms with E-state index in [2.05, 4.69) is 5.32 Å². The fraction of sp³-hybridized carbons (Fsp3) is 0.875. The molecule has 0 aliphatic carbocycles. The van der Waals surface area contributed by atoms with E-state index in [9.17, 15) is 13.2 Å². The van der Waals surface area contributed by atoms with Gasteiger partial charge in [-0.25, -0.2) is 8.42 Å². The number of carbonyl (C=O) groups excluding carboxylic acids is 1. The zero-order valence-electron chi connectivity index (χ0n) is 9.30. The minimum absolute atomic E-state index is 0. The van der Waals surface area contributed by atoms with Crippen molar-refractivity contribution in [2.75, 3.05) is 32.5 Å². The lowest BCUT2D eigenvalue weighted by atomic mass is 10.2. The topological polar surface area (TPSA) is 75.7 Å². The van der Waals surface area contributed by atoms with Crippen LogP contribution in [0.1, 0.15) is 6.92 Å². The van der Waals surface area contributed by atoms with Crippen LogP contribution in [0.25, 0.3) is 0 Å². The highest BCUT2D eigenvalue weighted by molar-refractivity contribution is 7.88. The molecule has 0 saturated carbocycles. The summed E-state index contributed by atoms with van der Waals surface area (Å²) in [5.74, 6) is -0.397. The van der Waals surface area contributed by atoms with Crippen LogP contribution in [0.5, 0.6) is 0 Å². The summed E-state index contributed by atoms with van der Waals surface area (Å²) >= 11 is 0. The van der Waals surface area contributed by atoms with Gasteiger partial charge in [0.1, 0.15) is 6.04 Å². The molecule has 1 heterocycles. The Balaban J connectivity index is 0.00000225. The average molecular weight is 273 g/mol. The van der Waals surface area contributed by atoms with E-state index in [1.54, 1.807) is 6.92 Å². The van der Waals surface area contributed by atoms with E-state index in [4.69, 9.17) is 4.74 Å². The van der Waals surface area contributed by atoms with Crippen LogP contribution in [0, 0.1) is 0 Å². The summed E-state index contributed by atoms with van der Waals surface area (Å²) in [7, 11) is -3.22. The molecular weight excluding hydrogens is 256 g/mol. The number of rotatable bonds is 3. The third-order valence-electron chi connectivity index (χ3n) is 2.18. The average Bonchev–Trinajstić information content (AvgIpc) is 2.17. The van der Waals surface area contributed by atoms with Gasteiger partial charge in [0.2, 0.25) is 10.0 Å². The number of hydrogen-bond donors (Lipinski definition) is 1. The van der Waals surface area contributed by atoms with E-state index in [0.717, 1.165) is 6.26 Å². The number of esters is 1. The van der Waals surface area contributed by atoms with Gasteiger partial charge in [-0.05, 0) is 6.92 Å². The molecule has 1 atom stereocenters. The number of piperazine rings is 1. The molecule has 0 aromatic heterocycles. The molecule has 8 heteroatoms. The summed E-state index contributed by atoms with van der Waals surface area (Å²) in [6, 6.07) is -0.548. The third kappa shape index (κ3) is 4.25. The van der Waals surface area contributed by atoms with E-state index < -0.39 is 22.0 Å². The molecule has 0 radical (unpaired) electrons. The van der Waals surface area contributed by atoms with Crippen LogP contribution in [-0.4, -0.2) is 57.2 Å². The molecule has 1 rings (SSSR count). The first-order chi connectivity index (χ1) is 6.95. The Bertz CT molecular complexity index is 333. The molecule has 96 valence electrons. The van der Waals surface area contributed by atoms with Gasteiger partial charge in [0.25, 0.3) is 0 Å². The Hall–Kier alpha value is -0.370. The summed E-state index contributed by atoms with van der Waals surface area (Å²) in [5, 5.41) is 2.93. The fourth-order valence-electron chi connectivity index (χ4n) is 1.42. The highest BCUT2D eigenvalue weighted by Gasteiger charge is 2.30. The number of carbonyl (C=O) groups is 1. The van der Waals surface area contributed by atoms with Crippen molar-refractivity contribution >= 4 is 28.4 Å². The minimum Gasteiger partial charge on any atom is -0.465 e. The maximum absolute atomic E-state index is 11.4. The lowest BCUT2D eigenvalue weighted by molar-refractivity contribution is -0.146. The normalized spacial score (nSPS) is 22.2. The summed E-state index contributed by atoms with van der Waals surface area (Å²) < 4.78 is 28.6. The molecule has 0 aromatic carbocycles. The van der Waals surface area contributed by atoms with Crippen molar-refractivity contribution in [1.29, 1.82) is 0 Å². The van der Waals surface area contributed by atoms with Crippen LogP contribution in [0.3, 0.4) is 0 Å². The molecule has 1 fully saturated rings. The SMILES string of the molecule is CCOC(=O)C1CN(S(C)(=O)=O)CCN1.Cl. The van der Waals surface area contributed by atoms with Crippen LogP contribution in [0.2, 0.25) is 0 Å². The molecule has 6 nitrogen and oxygen atoms in total. The highest BCUT2D eigenvalue weighted by atomic mass is 35.5. The van der Waals surface area contributed by atoms with Crippen LogP contribution in [0.15, 0.2) is 0 Å². The van der Waals surface area contributed by atoms with Crippen LogP contribution in [0.4, 0.5) is 0 Å². The first-order valence-corrected chi connectivity index (χ1v) is 6.65. The van der Waals surface area contributed by atoms with Crippen molar-refractivity contribution in [2.45, 2.75) is 13.0 Å². The molecule has 1 aliphatic heterocycles. The second-order valence-electron chi connectivity index (χ2n) is 3.38. The van der Waals surface area contributed by atoms with Gasteiger partial charge in [0.05, 0.1) is 12.9 Å². The number of nitrogens with one attached hydrogen (secondary N) is 1. The Labute approximate surface area is 102 Å². The third-order valence-corrected chi connectivity index (χ3v) is 3.45. The first kappa shape index (κ1) is 15.6. The van der Waals surface area contributed by atoms with Gasteiger partial charge in [-0.2, -0.15) is 4.31 Å². The Morgan fingerprint density at radius 3 is 2.69 bits per heavy atom. The smallest absolute Gasteiger partial charge is 0.324 e. The number of nitrogens with zero attached hydrogens (tertiary/aromatic N) is 1. The Morgan fingerprint density at radius 1 is 1.56 bits per heavy atom. The van der Waals surface area contributed by atoms with Gasteiger partial charge >= 0.3 is 5.97 Å². The monoisotopic (exact) mass is 272 g/mol. The second kappa shape index (κ2) is 6.39. The van der Waals surface area contributed by atoms with Crippen molar-refractivity contribution in [3.63, 3.8) is 0 Å². The van der Waals surface area contributed by atoms with Crippen molar-refractivity contribution in [3.05, 3.63) is 0 Å². The van der Waals surface area contributed by atoms with Gasteiger partial charge in [-0.15, -0.1) is 12.4 Å². The lowest BCUT2D eigenvalue weighted by Crippen LogP contribution is -2.55. The first-order valence-electron chi connectivity index (χ1n) is 4.80. The highest BCUT2D eigenvalue weighted by Crippen LogP contribution is 2.05. The van der Waals surface area contributed by atoms with Crippen LogP contribution >= 0.6 is 12.4 Å². The van der Waals surface area contributed by atoms with E-state index in [-0.39, 0.29) is 19.0 Å².